The fraction of sp³-hybridized carbons (Fsp3) is 0.385. The van der Waals surface area contributed by atoms with Gasteiger partial charge in [0.15, 0.2) is 5.82 Å². The minimum absolute atomic E-state index is 0.0472. The van der Waals surface area contributed by atoms with Gasteiger partial charge in [0.25, 0.3) is 5.69 Å². The smallest absolute Gasteiger partial charge is 0.280 e. The van der Waals surface area contributed by atoms with E-state index in [0.717, 1.165) is 18.4 Å². The van der Waals surface area contributed by atoms with E-state index in [4.69, 9.17) is 11.6 Å². The molecule has 0 amide bonds. The lowest BCUT2D eigenvalue weighted by molar-refractivity contribution is -0.384. The summed E-state index contributed by atoms with van der Waals surface area (Å²) in [6, 6.07) is 5.33. The third-order valence-electron chi connectivity index (χ3n) is 3.39. The number of nitro benzene ring substituents is 1. The summed E-state index contributed by atoms with van der Waals surface area (Å²) in [6.07, 6.45) is 2.07. The summed E-state index contributed by atoms with van der Waals surface area (Å²) in [7, 11) is 0. The summed E-state index contributed by atoms with van der Waals surface area (Å²) in [4.78, 5) is 10.8. The normalized spacial score (nSPS) is 14.5. The molecular formula is C13H13ClN4O2. The van der Waals surface area contributed by atoms with E-state index >= 15 is 0 Å². The van der Waals surface area contributed by atoms with E-state index in [2.05, 4.69) is 10.2 Å². The number of alkyl halides is 1. The van der Waals surface area contributed by atoms with Gasteiger partial charge in [-0.1, -0.05) is 6.07 Å². The van der Waals surface area contributed by atoms with Crippen LogP contribution in [-0.2, 0) is 5.88 Å². The fourth-order valence-electron chi connectivity index (χ4n) is 2.30. The van der Waals surface area contributed by atoms with Crippen molar-refractivity contribution in [2.75, 3.05) is 0 Å². The van der Waals surface area contributed by atoms with E-state index in [1.807, 2.05) is 11.5 Å². The van der Waals surface area contributed by atoms with Crippen LogP contribution in [0.1, 0.15) is 30.3 Å². The zero-order valence-corrected chi connectivity index (χ0v) is 11.7. The topological polar surface area (TPSA) is 73.8 Å². The SMILES string of the molecule is Cc1ccc([N+](=O)[O-])c(-c2nnc(CCl)n2C2CC2)c1. The van der Waals surface area contributed by atoms with Crippen molar-refractivity contribution in [2.45, 2.75) is 31.7 Å². The van der Waals surface area contributed by atoms with Crippen molar-refractivity contribution >= 4 is 17.3 Å². The third-order valence-corrected chi connectivity index (χ3v) is 3.63. The Morgan fingerprint density at radius 3 is 2.80 bits per heavy atom. The van der Waals surface area contributed by atoms with Gasteiger partial charge in [0.1, 0.15) is 5.82 Å². The molecule has 7 heteroatoms. The molecule has 1 aromatic heterocycles. The molecule has 0 radical (unpaired) electrons. The second kappa shape index (κ2) is 4.86. The Balaban J connectivity index is 2.20. The van der Waals surface area contributed by atoms with Gasteiger partial charge in [-0.05, 0) is 31.4 Å². The lowest BCUT2D eigenvalue weighted by Gasteiger charge is -2.08. The lowest BCUT2D eigenvalue weighted by atomic mass is 10.1. The van der Waals surface area contributed by atoms with Crippen LogP contribution in [0, 0.1) is 17.0 Å². The maximum atomic E-state index is 11.2. The van der Waals surface area contributed by atoms with E-state index in [1.165, 1.54) is 6.07 Å². The molecule has 0 bridgehead atoms. The van der Waals surface area contributed by atoms with Gasteiger partial charge in [0.2, 0.25) is 0 Å². The molecule has 2 aromatic rings. The zero-order valence-electron chi connectivity index (χ0n) is 10.9. The summed E-state index contributed by atoms with van der Waals surface area (Å²) in [5.74, 6) is 1.46. The monoisotopic (exact) mass is 292 g/mol. The molecule has 3 rings (SSSR count). The molecule has 1 heterocycles. The highest BCUT2D eigenvalue weighted by atomic mass is 35.5. The molecule has 0 spiro atoms. The van der Waals surface area contributed by atoms with E-state index in [-0.39, 0.29) is 16.5 Å². The van der Waals surface area contributed by atoms with E-state index in [9.17, 15) is 10.1 Å². The second-order valence-corrected chi connectivity index (χ2v) is 5.22. The summed E-state index contributed by atoms with van der Waals surface area (Å²) in [6.45, 7) is 1.90. The van der Waals surface area contributed by atoms with Crippen LogP contribution in [0.25, 0.3) is 11.4 Å². The quantitative estimate of drug-likeness (QED) is 0.492. The van der Waals surface area contributed by atoms with E-state index < -0.39 is 0 Å². The van der Waals surface area contributed by atoms with Crippen LogP contribution in [0.2, 0.25) is 0 Å². The van der Waals surface area contributed by atoms with Crippen molar-refractivity contribution in [3.8, 4) is 11.4 Å². The third kappa shape index (κ3) is 2.16. The minimum atomic E-state index is -0.388. The molecular weight excluding hydrogens is 280 g/mol. The summed E-state index contributed by atoms with van der Waals surface area (Å²) < 4.78 is 1.94. The van der Waals surface area contributed by atoms with Crippen molar-refractivity contribution < 1.29 is 4.92 Å². The molecule has 6 nitrogen and oxygen atoms in total. The Morgan fingerprint density at radius 1 is 1.45 bits per heavy atom. The predicted molar refractivity (Wildman–Crippen MR) is 74.7 cm³/mol. The van der Waals surface area contributed by atoms with E-state index in [1.54, 1.807) is 12.1 Å². The van der Waals surface area contributed by atoms with Gasteiger partial charge >= 0.3 is 0 Å². The van der Waals surface area contributed by atoms with Crippen LogP contribution >= 0.6 is 11.6 Å². The first-order valence-corrected chi connectivity index (χ1v) is 6.90. The number of nitro groups is 1. The number of benzene rings is 1. The van der Waals surface area contributed by atoms with Crippen LogP contribution in [0.15, 0.2) is 18.2 Å². The van der Waals surface area contributed by atoms with Crippen molar-refractivity contribution in [3.63, 3.8) is 0 Å². The zero-order chi connectivity index (χ0) is 14.3. The van der Waals surface area contributed by atoms with Crippen molar-refractivity contribution in [1.82, 2.24) is 14.8 Å². The maximum Gasteiger partial charge on any atom is 0.280 e. The minimum Gasteiger partial charge on any atom is -0.307 e. The van der Waals surface area contributed by atoms with Crippen molar-refractivity contribution in [3.05, 3.63) is 39.7 Å². The second-order valence-electron chi connectivity index (χ2n) is 4.95. The average Bonchev–Trinajstić information content (AvgIpc) is 3.17. The molecule has 1 aliphatic carbocycles. The van der Waals surface area contributed by atoms with Crippen LogP contribution in [0.4, 0.5) is 5.69 Å². The maximum absolute atomic E-state index is 11.2. The molecule has 104 valence electrons. The van der Waals surface area contributed by atoms with Gasteiger partial charge in [-0.3, -0.25) is 10.1 Å². The molecule has 1 saturated carbocycles. The first-order valence-electron chi connectivity index (χ1n) is 6.37. The van der Waals surface area contributed by atoms with Crippen molar-refractivity contribution in [2.24, 2.45) is 0 Å². The summed E-state index contributed by atoms with van der Waals surface area (Å²) >= 11 is 5.88. The van der Waals surface area contributed by atoms with E-state index in [0.29, 0.717) is 23.3 Å². The molecule has 0 aliphatic heterocycles. The number of nitrogens with zero attached hydrogens (tertiary/aromatic N) is 4. The van der Waals surface area contributed by atoms with Gasteiger partial charge < -0.3 is 4.57 Å². The molecule has 0 N–H and O–H groups in total. The fourth-order valence-corrected chi connectivity index (χ4v) is 2.49. The van der Waals surface area contributed by atoms with Gasteiger partial charge in [0.05, 0.1) is 16.4 Å². The highest BCUT2D eigenvalue weighted by Crippen LogP contribution is 2.41. The van der Waals surface area contributed by atoms with Gasteiger partial charge in [-0.25, -0.2) is 0 Å². The Morgan fingerprint density at radius 2 is 2.20 bits per heavy atom. The Kier molecular flexibility index (Phi) is 3.17. The lowest BCUT2D eigenvalue weighted by Crippen LogP contribution is -2.03. The standard InChI is InChI=1S/C13H13ClN4O2/c1-8-2-5-11(18(19)20)10(6-8)13-16-15-12(7-14)17(13)9-3-4-9/h2,5-6,9H,3-4,7H2,1H3. The Hall–Kier alpha value is -1.95. The predicted octanol–water partition coefficient (Wildman–Crippen LogP) is 3.24. The first kappa shape index (κ1) is 13.1. The van der Waals surface area contributed by atoms with Crippen LogP contribution in [0.5, 0.6) is 0 Å². The molecule has 1 fully saturated rings. The molecule has 1 aliphatic rings. The van der Waals surface area contributed by atoms with Crippen LogP contribution < -0.4 is 0 Å². The molecule has 0 saturated heterocycles. The molecule has 0 unspecified atom stereocenters. The Labute approximate surface area is 120 Å². The van der Waals surface area contributed by atoms with Crippen LogP contribution in [0.3, 0.4) is 0 Å². The largest absolute Gasteiger partial charge is 0.307 e. The number of aryl methyl sites for hydroxylation is 1. The van der Waals surface area contributed by atoms with Gasteiger partial charge in [0, 0.05) is 12.1 Å². The number of aromatic nitrogens is 3. The van der Waals surface area contributed by atoms with Crippen LogP contribution in [-0.4, -0.2) is 19.7 Å². The highest BCUT2D eigenvalue weighted by Gasteiger charge is 2.31. The molecule has 0 atom stereocenters. The molecule has 20 heavy (non-hydrogen) atoms. The summed E-state index contributed by atoms with van der Waals surface area (Å²) in [5, 5.41) is 19.4. The highest BCUT2D eigenvalue weighted by molar-refractivity contribution is 6.16. The average molecular weight is 293 g/mol. The number of rotatable bonds is 4. The Bertz CT molecular complexity index is 679. The van der Waals surface area contributed by atoms with Crippen molar-refractivity contribution in [1.29, 1.82) is 0 Å². The van der Waals surface area contributed by atoms with Gasteiger partial charge in [-0.15, -0.1) is 21.8 Å². The number of hydrogen-bond donors (Lipinski definition) is 0. The first-order chi connectivity index (χ1) is 9.61. The number of hydrogen-bond acceptors (Lipinski definition) is 4. The number of halogens is 1. The van der Waals surface area contributed by atoms with Gasteiger partial charge in [-0.2, -0.15) is 0 Å². The summed E-state index contributed by atoms with van der Waals surface area (Å²) in [5.41, 5.74) is 1.50. The molecule has 1 aromatic carbocycles.